The first-order chi connectivity index (χ1) is 15.9. The molecule has 2 aromatic carbocycles. The van der Waals surface area contributed by atoms with E-state index in [2.05, 4.69) is 34.7 Å². The standard InChI is InChI=1S/C24H29N5O3S/c1-16(2)17-5-9-19(10-6-17)26-22(30)15-33-24-28-27-21(29(24)3)13-14-25-23(31)18-7-11-20(32-4)12-8-18/h5-12,16H,13-15H2,1-4H3,(H,25,31)(H,26,30). The summed E-state index contributed by atoms with van der Waals surface area (Å²) in [6, 6.07) is 14.8. The Kier molecular flexibility index (Phi) is 8.48. The van der Waals surface area contributed by atoms with Crippen molar-refractivity contribution in [3.05, 3.63) is 65.5 Å². The number of hydrogen-bond acceptors (Lipinski definition) is 6. The number of carbonyl (C=O) groups is 2. The van der Waals surface area contributed by atoms with Crippen molar-refractivity contribution >= 4 is 29.3 Å². The Balaban J connectivity index is 1.44. The van der Waals surface area contributed by atoms with E-state index in [-0.39, 0.29) is 17.6 Å². The van der Waals surface area contributed by atoms with Crippen LogP contribution in [0.5, 0.6) is 5.75 Å². The number of nitrogens with zero attached hydrogens (tertiary/aromatic N) is 3. The van der Waals surface area contributed by atoms with Crippen LogP contribution < -0.4 is 15.4 Å². The molecule has 3 rings (SSSR count). The molecule has 0 aliphatic rings. The van der Waals surface area contributed by atoms with E-state index < -0.39 is 0 Å². The first-order valence-electron chi connectivity index (χ1n) is 10.7. The predicted octanol–water partition coefficient (Wildman–Crippen LogP) is 3.65. The van der Waals surface area contributed by atoms with Gasteiger partial charge < -0.3 is 19.9 Å². The maximum Gasteiger partial charge on any atom is 0.251 e. The zero-order chi connectivity index (χ0) is 23.8. The predicted molar refractivity (Wildman–Crippen MR) is 130 cm³/mol. The summed E-state index contributed by atoms with van der Waals surface area (Å²) in [6.45, 7) is 4.69. The van der Waals surface area contributed by atoms with Crippen LogP contribution in [0.3, 0.4) is 0 Å². The largest absolute Gasteiger partial charge is 0.497 e. The summed E-state index contributed by atoms with van der Waals surface area (Å²) >= 11 is 1.32. The highest BCUT2D eigenvalue weighted by atomic mass is 32.2. The van der Waals surface area contributed by atoms with Gasteiger partial charge in [-0.1, -0.05) is 37.7 Å². The molecule has 1 aromatic heterocycles. The van der Waals surface area contributed by atoms with Crippen LogP contribution in [0, 0.1) is 0 Å². The van der Waals surface area contributed by atoms with Crippen molar-refractivity contribution in [1.82, 2.24) is 20.1 Å². The Hall–Kier alpha value is -3.33. The first-order valence-corrected chi connectivity index (χ1v) is 11.7. The molecule has 2 N–H and O–H groups in total. The maximum absolute atomic E-state index is 12.3. The van der Waals surface area contributed by atoms with Gasteiger partial charge in [-0.2, -0.15) is 0 Å². The van der Waals surface area contributed by atoms with Gasteiger partial charge in [-0.25, -0.2) is 0 Å². The molecule has 0 atom stereocenters. The fourth-order valence-corrected chi connectivity index (χ4v) is 3.83. The Morgan fingerprint density at radius 2 is 1.76 bits per heavy atom. The van der Waals surface area contributed by atoms with Crippen molar-refractivity contribution in [2.45, 2.75) is 31.3 Å². The summed E-state index contributed by atoms with van der Waals surface area (Å²) in [7, 11) is 3.44. The molecule has 9 heteroatoms. The van der Waals surface area contributed by atoms with Crippen LogP contribution in [0.15, 0.2) is 53.7 Å². The van der Waals surface area contributed by atoms with Crippen molar-refractivity contribution in [2.24, 2.45) is 7.05 Å². The normalized spacial score (nSPS) is 10.8. The van der Waals surface area contributed by atoms with Crippen LogP contribution in [-0.2, 0) is 18.3 Å². The third-order valence-corrected chi connectivity index (χ3v) is 6.13. The summed E-state index contributed by atoms with van der Waals surface area (Å²) in [6.07, 6.45) is 0.528. The van der Waals surface area contributed by atoms with Gasteiger partial charge in [-0.15, -0.1) is 10.2 Å². The molecule has 8 nitrogen and oxygen atoms in total. The highest BCUT2D eigenvalue weighted by Crippen LogP contribution is 2.19. The van der Waals surface area contributed by atoms with Crippen LogP contribution in [-0.4, -0.2) is 46.0 Å². The van der Waals surface area contributed by atoms with Crippen LogP contribution in [0.1, 0.15) is 41.5 Å². The van der Waals surface area contributed by atoms with E-state index in [1.54, 1.807) is 31.4 Å². The van der Waals surface area contributed by atoms with Gasteiger partial charge in [0.1, 0.15) is 11.6 Å². The van der Waals surface area contributed by atoms with E-state index in [0.717, 1.165) is 11.5 Å². The van der Waals surface area contributed by atoms with Crippen molar-refractivity contribution in [3.8, 4) is 5.75 Å². The quantitative estimate of drug-likeness (QED) is 0.442. The van der Waals surface area contributed by atoms with Crippen molar-refractivity contribution in [2.75, 3.05) is 24.7 Å². The lowest BCUT2D eigenvalue weighted by Crippen LogP contribution is -2.26. The van der Waals surface area contributed by atoms with E-state index in [9.17, 15) is 9.59 Å². The van der Waals surface area contributed by atoms with Gasteiger partial charge in [-0.05, 0) is 47.9 Å². The SMILES string of the molecule is COc1ccc(C(=O)NCCc2nnc(SCC(=O)Nc3ccc(C(C)C)cc3)n2C)cc1. The minimum atomic E-state index is -0.160. The monoisotopic (exact) mass is 467 g/mol. The molecule has 0 aliphatic heterocycles. The molecule has 3 aromatic rings. The number of hydrogen-bond donors (Lipinski definition) is 2. The number of nitrogens with one attached hydrogen (secondary N) is 2. The lowest BCUT2D eigenvalue weighted by atomic mass is 10.0. The van der Waals surface area contributed by atoms with Gasteiger partial charge in [0, 0.05) is 31.3 Å². The topological polar surface area (TPSA) is 98.1 Å². The molecular weight excluding hydrogens is 438 g/mol. The van der Waals surface area contributed by atoms with Crippen LogP contribution >= 0.6 is 11.8 Å². The summed E-state index contributed by atoms with van der Waals surface area (Å²) < 4.78 is 6.95. The Bertz CT molecular complexity index is 1080. The number of aromatic nitrogens is 3. The minimum absolute atomic E-state index is 0.103. The Labute approximate surface area is 198 Å². The van der Waals surface area contributed by atoms with Gasteiger partial charge in [-0.3, -0.25) is 9.59 Å². The molecule has 0 aliphatic carbocycles. The van der Waals surface area contributed by atoms with Crippen LogP contribution in [0.25, 0.3) is 0 Å². The number of rotatable bonds is 10. The van der Waals surface area contributed by atoms with Crippen LogP contribution in [0.4, 0.5) is 5.69 Å². The van der Waals surface area contributed by atoms with Crippen molar-refractivity contribution < 1.29 is 14.3 Å². The lowest BCUT2D eigenvalue weighted by molar-refractivity contribution is -0.113. The molecule has 0 spiro atoms. The fraction of sp³-hybridized carbons (Fsp3) is 0.333. The van der Waals surface area contributed by atoms with Crippen molar-refractivity contribution in [1.29, 1.82) is 0 Å². The van der Waals surface area contributed by atoms with Gasteiger partial charge in [0.15, 0.2) is 5.16 Å². The highest BCUT2D eigenvalue weighted by molar-refractivity contribution is 7.99. The smallest absolute Gasteiger partial charge is 0.251 e. The molecule has 0 radical (unpaired) electrons. The van der Waals surface area contributed by atoms with Gasteiger partial charge in [0.2, 0.25) is 5.91 Å². The molecule has 0 saturated carbocycles. The summed E-state index contributed by atoms with van der Waals surface area (Å²) in [5.74, 6) is 1.85. The molecular formula is C24H29N5O3S. The summed E-state index contributed by atoms with van der Waals surface area (Å²) in [4.78, 5) is 24.6. The molecule has 33 heavy (non-hydrogen) atoms. The third kappa shape index (κ3) is 6.82. The molecule has 2 amide bonds. The second-order valence-corrected chi connectivity index (χ2v) is 8.75. The fourth-order valence-electron chi connectivity index (χ4n) is 3.10. The Morgan fingerprint density at radius 1 is 1.06 bits per heavy atom. The number of amides is 2. The second-order valence-electron chi connectivity index (χ2n) is 7.81. The molecule has 0 saturated heterocycles. The van der Waals surface area contributed by atoms with Gasteiger partial charge in [0.05, 0.1) is 12.9 Å². The van der Waals surface area contributed by atoms with Crippen molar-refractivity contribution in [3.63, 3.8) is 0 Å². The third-order valence-electron chi connectivity index (χ3n) is 5.10. The maximum atomic E-state index is 12.3. The average molecular weight is 468 g/mol. The minimum Gasteiger partial charge on any atom is -0.497 e. The number of thioether (sulfide) groups is 1. The first kappa shape index (κ1) is 24.3. The molecule has 0 fully saturated rings. The molecule has 0 bridgehead atoms. The number of benzene rings is 2. The van der Waals surface area contributed by atoms with Gasteiger partial charge >= 0.3 is 0 Å². The number of carbonyl (C=O) groups excluding carboxylic acids is 2. The van der Waals surface area contributed by atoms with E-state index in [0.29, 0.717) is 35.4 Å². The Morgan fingerprint density at radius 3 is 2.39 bits per heavy atom. The van der Waals surface area contributed by atoms with E-state index in [4.69, 9.17) is 4.74 Å². The van der Waals surface area contributed by atoms with E-state index in [1.165, 1.54) is 17.3 Å². The van der Waals surface area contributed by atoms with Gasteiger partial charge in [0.25, 0.3) is 5.91 Å². The lowest BCUT2D eigenvalue weighted by Gasteiger charge is -2.08. The summed E-state index contributed by atoms with van der Waals surface area (Å²) in [5, 5.41) is 14.8. The number of anilines is 1. The zero-order valence-electron chi connectivity index (χ0n) is 19.3. The molecule has 0 unspecified atom stereocenters. The molecule has 1 heterocycles. The zero-order valence-corrected chi connectivity index (χ0v) is 20.1. The highest BCUT2D eigenvalue weighted by Gasteiger charge is 2.13. The average Bonchev–Trinajstić information content (AvgIpc) is 3.17. The number of ether oxygens (including phenoxy) is 1. The number of methoxy groups -OCH3 is 1. The van der Waals surface area contributed by atoms with E-state index >= 15 is 0 Å². The van der Waals surface area contributed by atoms with E-state index in [1.807, 2.05) is 35.9 Å². The summed E-state index contributed by atoms with van der Waals surface area (Å²) in [5.41, 5.74) is 2.57. The second kappa shape index (κ2) is 11.5. The van der Waals surface area contributed by atoms with Crippen LogP contribution in [0.2, 0.25) is 0 Å². The molecule has 174 valence electrons.